The van der Waals surface area contributed by atoms with Gasteiger partial charge in [-0.05, 0) is 36.4 Å². The summed E-state index contributed by atoms with van der Waals surface area (Å²) < 4.78 is 13.9. The van der Waals surface area contributed by atoms with Crippen LogP contribution in [0, 0.1) is 5.82 Å². The topological polar surface area (TPSA) is 3.24 Å². The van der Waals surface area contributed by atoms with Crippen molar-refractivity contribution in [2.24, 2.45) is 0 Å². The highest BCUT2D eigenvalue weighted by Gasteiger charge is 2.31. The molecular weight excluding hydrogens is 281 g/mol. The molecule has 1 aliphatic carbocycles. The summed E-state index contributed by atoms with van der Waals surface area (Å²) in [4.78, 5) is 3.60. The Balaban J connectivity index is 1.94. The molecule has 3 rings (SSSR count). The fourth-order valence-corrected chi connectivity index (χ4v) is 3.28. The van der Waals surface area contributed by atoms with Crippen molar-refractivity contribution < 1.29 is 4.39 Å². The second kappa shape index (κ2) is 5.51. The van der Waals surface area contributed by atoms with Crippen LogP contribution in [0.3, 0.4) is 0 Å². The molecule has 0 unspecified atom stereocenters. The zero-order valence-electron chi connectivity index (χ0n) is 10.5. The van der Waals surface area contributed by atoms with Crippen molar-refractivity contribution in [2.75, 3.05) is 4.90 Å². The fourth-order valence-electron chi connectivity index (χ4n) is 2.32. The molecule has 0 amide bonds. The van der Waals surface area contributed by atoms with Crippen LogP contribution in [-0.4, -0.2) is 6.04 Å². The van der Waals surface area contributed by atoms with Crippen molar-refractivity contribution in [3.8, 4) is 0 Å². The highest BCUT2D eigenvalue weighted by atomic mass is 35.5. The number of benzene rings is 1. The van der Waals surface area contributed by atoms with Gasteiger partial charge in [0.1, 0.15) is 5.82 Å². The van der Waals surface area contributed by atoms with E-state index >= 15 is 0 Å². The van der Waals surface area contributed by atoms with Crippen LogP contribution in [0.1, 0.15) is 23.3 Å². The smallest absolute Gasteiger partial charge is 0.129 e. The van der Waals surface area contributed by atoms with Gasteiger partial charge >= 0.3 is 0 Å². The van der Waals surface area contributed by atoms with Crippen LogP contribution in [0.5, 0.6) is 0 Å². The Hall–Kier alpha value is -1.06. The van der Waals surface area contributed by atoms with Crippen molar-refractivity contribution in [1.82, 2.24) is 0 Å². The van der Waals surface area contributed by atoms with Crippen molar-refractivity contribution in [3.63, 3.8) is 0 Å². The fraction of sp³-hybridized carbons (Fsp3) is 0.333. The van der Waals surface area contributed by atoms with Crippen LogP contribution in [0.15, 0.2) is 35.7 Å². The number of nitrogens with zero attached hydrogens (tertiary/aromatic N) is 1. The minimum absolute atomic E-state index is 0.204. The third-order valence-electron chi connectivity index (χ3n) is 3.43. The molecule has 2 aromatic rings. The second-order valence-corrected chi connectivity index (χ2v) is 6.11. The number of halogens is 2. The van der Waals surface area contributed by atoms with E-state index in [4.69, 9.17) is 11.6 Å². The number of thiophene rings is 1. The predicted molar refractivity (Wildman–Crippen MR) is 79.5 cm³/mol. The molecule has 1 aromatic heterocycles. The number of anilines is 1. The average molecular weight is 296 g/mol. The van der Waals surface area contributed by atoms with Gasteiger partial charge in [0.15, 0.2) is 0 Å². The minimum Gasteiger partial charge on any atom is -0.363 e. The van der Waals surface area contributed by atoms with Crippen molar-refractivity contribution in [2.45, 2.75) is 31.3 Å². The van der Waals surface area contributed by atoms with E-state index in [2.05, 4.69) is 22.4 Å². The molecule has 0 bridgehead atoms. The van der Waals surface area contributed by atoms with Crippen LogP contribution in [0.4, 0.5) is 10.1 Å². The summed E-state index contributed by atoms with van der Waals surface area (Å²) in [6.07, 6.45) is 2.37. The molecule has 0 atom stereocenters. The lowest BCUT2D eigenvalue weighted by Crippen LogP contribution is -2.25. The van der Waals surface area contributed by atoms with Crippen molar-refractivity contribution in [3.05, 3.63) is 52.0 Å². The quantitative estimate of drug-likeness (QED) is 0.717. The van der Waals surface area contributed by atoms with Gasteiger partial charge in [-0.25, -0.2) is 4.39 Å². The van der Waals surface area contributed by atoms with Crippen LogP contribution in [-0.2, 0) is 12.4 Å². The summed E-state index contributed by atoms with van der Waals surface area (Å²) in [5.74, 6) is 0.0136. The summed E-state index contributed by atoms with van der Waals surface area (Å²) in [5, 5.41) is 2.08. The Kier molecular flexibility index (Phi) is 3.76. The van der Waals surface area contributed by atoms with Gasteiger partial charge in [-0.2, -0.15) is 0 Å². The average Bonchev–Trinajstić information content (AvgIpc) is 3.13. The zero-order chi connectivity index (χ0) is 13.2. The number of hydrogen-bond donors (Lipinski definition) is 0. The van der Waals surface area contributed by atoms with Crippen LogP contribution >= 0.6 is 22.9 Å². The lowest BCUT2D eigenvalue weighted by molar-refractivity contribution is 0.614. The standard InChI is InChI=1S/C15H15ClFNS/c16-9-13-14(17)4-1-5-15(13)18(11-6-7-11)10-12-3-2-8-19-12/h1-5,8,11H,6-7,9-10H2. The molecule has 4 heteroatoms. The first-order valence-corrected chi connectivity index (χ1v) is 7.83. The zero-order valence-corrected chi connectivity index (χ0v) is 12.1. The van der Waals surface area contributed by atoms with Gasteiger partial charge in [0.25, 0.3) is 0 Å². The first-order chi connectivity index (χ1) is 9.29. The molecule has 19 heavy (non-hydrogen) atoms. The van der Waals surface area contributed by atoms with E-state index in [1.54, 1.807) is 17.4 Å². The minimum atomic E-state index is -0.204. The number of rotatable bonds is 5. The first-order valence-electron chi connectivity index (χ1n) is 6.42. The molecule has 1 aliphatic rings. The largest absolute Gasteiger partial charge is 0.363 e. The molecule has 1 nitrogen and oxygen atoms in total. The Morgan fingerprint density at radius 1 is 1.26 bits per heavy atom. The summed E-state index contributed by atoms with van der Waals surface area (Å²) >= 11 is 7.66. The van der Waals surface area contributed by atoms with Gasteiger partial charge in [0.2, 0.25) is 0 Å². The second-order valence-electron chi connectivity index (χ2n) is 4.81. The Morgan fingerprint density at radius 3 is 2.74 bits per heavy atom. The van der Waals surface area contributed by atoms with Gasteiger partial charge < -0.3 is 4.90 Å². The first kappa shape index (κ1) is 12.9. The molecule has 100 valence electrons. The maximum absolute atomic E-state index is 13.9. The van der Waals surface area contributed by atoms with Gasteiger partial charge in [-0.1, -0.05) is 12.1 Å². The molecule has 0 saturated heterocycles. The third kappa shape index (κ3) is 2.77. The SMILES string of the molecule is Fc1cccc(N(Cc2cccs2)C2CC2)c1CCl. The van der Waals surface area contributed by atoms with Crippen LogP contribution < -0.4 is 4.90 Å². The molecular formula is C15H15ClFNS. The maximum atomic E-state index is 13.9. The van der Waals surface area contributed by atoms with Gasteiger partial charge in [0.05, 0.1) is 12.4 Å². The normalized spacial score (nSPS) is 14.6. The molecule has 1 saturated carbocycles. The van der Waals surface area contributed by atoms with Crippen molar-refractivity contribution in [1.29, 1.82) is 0 Å². The van der Waals surface area contributed by atoms with E-state index in [0.717, 1.165) is 12.2 Å². The van der Waals surface area contributed by atoms with Crippen LogP contribution in [0.25, 0.3) is 0 Å². The Morgan fingerprint density at radius 2 is 2.11 bits per heavy atom. The van der Waals surface area contributed by atoms with Gasteiger partial charge in [-0.15, -0.1) is 22.9 Å². The lowest BCUT2D eigenvalue weighted by atomic mass is 10.1. The van der Waals surface area contributed by atoms with Gasteiger partial charge in [0, 0.05) is 22.2 Å². The Labute approximate surface area is 121 Å². The molecule has 1 fully saturated rings. The maximum Gasteiger partial charge on any atom is 0.129 e. The predicted octanol–water partition coefficient (Wildman–Crippen LogP) is 4.80. The van der Waals surface area contributed by atoms with E-state index in [1.165, 1.54) is 23.8 Å². The molecule has 0 aliphatic heterocycles. The summed E-state index contributed by atoms with van der Waals surface area (Å²) in [5.41, 5.74) is 1.57. The van der Waals surface area contributed by atoms with E-state index in [-0.39, 0.29) is 11.7 Å². The van der Waals surface area contributed by atoms with Gasteiger partial charge in [-0.3, -0.25) is 0 Å². The molecule has 1 heterocycles. The highest BCUT2D eigenvalue weighted by Crippen LogP contribution is 2.36. The molecule has 1 aromatic carbocycles. The number of hydrogen-bond acceptors (Lipinski definition) is 2. The lowest BCUT2D eigenvalue weighted by Gasteiger charge is -2.26. The van der Waals surface area contributed by atoms with E-state index in [0.29, 0.717) is 11.6 Å². The van der Waals surface area contributed by atoms with E-state index < -0.39 is 0 Å². The molecule has 0 N–H and O–H groups in total. The molecule has 0 radical (unpaired) electrons. The highest BCUT2D eigenvalue weighted by molar-refractivity contribution is 7.09. The monoisotopic (exact) mass is 295 g/mol. The third-order valence-corrected chi connectivity index (χ3v) is 4.56. The molecule has 0 spiro atoms. The Bertz CT molecular complexity index is 551. The summed E-state index contributed by atoms with van der Waals surface area (Å²) in [6.45, 7) is 0.843. The summed E-state index contributed by atoms with van der Waals surface area (Å²) in [6, 6.07) is 9.94. The van der Waals surface area contributed by atoms with Crippen LogP contribution in [0.2, 0.25) is 0 Å². The van der Waals surface area contributed by atoms with Crippen molar-refractivity contribution >= 4 is 28.6 Å². The number of alkyl halides is 1. The van der Waals surface area contributed by atoms with E-state index in [1.807, 2.05) is 6.07 Å². The summed E-state index contributed by atoms with van der Waals surface area (Å²) in [7, 11) is 0. The van der Waals surface area contributed by atoms with E-state index in [9.17, 15) is 4.39 Å².